The first-order valence-electron chi connectivity index (χ1n) is 7.54. The first kappa shape index (κ1) is 14.8. The number of benzene rings is 1. The number of likely N-dealkylation sites (tertiary alicyclic amines) is 1. The zero-order valence-electron chi connectivity index (χ0n) is 12.9. The van der Waals surface area contributed by atoms with Crippen LogP contribution in [-0.4, -0.2) is 38.8 Å². The van der Waals surface area contributed by atoms with Crippen molar-refractivity contribution in [3.8, 4) is 0 Å². The smallest absolute Gasteiger partial charge is 0.308 e. The summed E-state index contributed by atoms with van der Waals surface area (Å²) in [6.45, 7) is 4.09. The third kappa shape index (κ3) is 2.90. The van der Waals surface area contributed by atoms with E-state index in [9.17, 15) is 9.90 Å². The van der Waals surface area contributed by atoms with Crippen molar-refractivity contribution in [2.75, 3.05) is 13.1 Å². The Morgan fingerprint density at radius 1 is 1.32 bits per heavy atom. The number of carboxylic acids is 1. The number of aromatic nitrogens is 2. The molecule has 1 aromatic heterocycles. The molecular formula is C17H21N3O2. The van der Waals surface area contributed by atoms with Crippen LogP contribution in [0.2, 0.25) is 0 Å². The number of nitrogens with zero attached hydrogens (tertiary/aromatic N) is 3. The van der Waals surface area contributed by atoms with E-state index in [4.69, 9.17) is 0 Å². The van der Waals surface area contributed by atoms with E-state index in [1.54, 1.807) is 4.68 Å². The molecule has 1 aliphatic heterocycles. The highest BCUT2D eigenvalue weighted by atomic mass is 16.4. The molecule has 22 heavy (non-hydrogen) atoms. The van der Waals surface area contributed by atoms with E-state index in [0.717, 1.165) is 24.3 Å². The lowest BCUT2D eigenvalue weighted by Crippen LogP contribution is -2.23. The highest BCUT2D eigenvalue weighted by Gasteiger charge is 2.39. The molecule has 3 rings (SSSR count). The molecule has 1 saturated heterocycles. The Labute approximate surface area is 130 Å². The van der Waals surface area contributed by atoms with Crippen LogP contribution in [0.25, 0.3) is 0 Å². The summed E-state index contributed by atoms with van der Waals surface area (Å²) < 4.78 is 1.77. The van der Waals surface area contributed by atoms with Gasteiger partial charge in [0.1, 0.15) is 0 Å². The molecule has 5 heteroatoms. The van der Waals surface area contributed by atoms with E-state index in [-0.39, 0.29) is 11.8 Å². The molecule has 1 aromatic carbocycles. The number of aryl methyl sites for hydroxylation is 2. The quantitative estimate of drug-likeness (QED) is 0.938. The Balaban J connectivity index is 1.81. The fraction of sp³-hybridized carbons (Fsp3) is 0.412. The van der Waals surface area contributed by atoms with Crippen molar-refractivity contribution in [1.29, 1.82) is 0 Å². The van der Waals surface area contributed by atoms with E-state index in [1.807, 2.05) is 38.4 Å². The minimum absolute atomic E-state index is 0.00918. The summed E-state index contributed by atoms with van der Waals surface area (Å²) in [5.74, 6) is -1.08. The molecule has 0 spiro atoms. The Hall–Kier alpha value is -2.14. The molecule has 0 bridgehead atoms. The monoisotopic (exact) mass is 299 g/mol. The Morgan fingerprint density at radius 3 is 2.64 bits per heavy atom. The van der Waals surface area contributed by atoms with E-state index >= 15 is 0 Å². The molecule has 0 radical (unpaired) electrons. The third-order valence-corrected chi connectivity index (χ3v) is 4.41. The number of carbonyl (C=O) groups is 1. The van der Waals surface area contributed by atoms with E-state index in [0.29, 0.717) is 6.54 Å². The maximum absolute atomic E-state index is 11.6. The zero-order valence-corrected chi connectivity index (χ0v) is 12.9. The molecule has 1 N–H and O–H groups in total. The van der Waals surface area contributed by atoms with Gasteiger partial charge in [-0.05, 0) is 18.1 Å². The molecule has 116 valence electrons. The number of carboxylic acid groups (broad SMARTS) is 1. The number of rotatable bonds is 4. The predicted octanol–water partition coefficient (Wildman–Crippen LogP) is 2.03. The second-order valence-corrected chi connectivity index (χ2v) is 6.07. The molecule has 2 atom stereocenters. The van der Waals surface area contributed by atoms with Gasteiger partial charge in [-0.3, -0.25) is 14.4 Å². The normalized spacial score (nSPS) is 22.1. The van der Waals surface area contributed by atoms with E-state index in [2.05, 4.69) is 22.1 Å². The largest absolute Gasteiger partial charge is 0.481 e. The van der Waals surface area contributed by atoms with Crippen molar-refractivity contribution in [2.24, 2.45) is 13.0 Å². The van der Waals surface area contributed by atoms with Crippen LogP contribution in [0, 0.1) is 12.8 Å². The van der Waals surface area contributed by atoms with E-state index in [1.165, 1.54) is 5.56 Å². The predicted molar refractivity (Wildman–Crippen MR) is 83.5 cm³/mol. The van der Waals surface area contributed by atoms with Gasteiger partial charge in [-0.25, -0.2) is 0 Å². The van der Waals surface area contributed by atoms with Crippen LogP contribution >= 0.6 is 0 Å². The van der Waals surface area contributed by atoms with Crippen LogP contribution in [0.3, 0.4) is 0 Å². The Morgan fingerprint density at radius 2 is 2.05 bits per heavy atom. The zero-order chi connectivity index (χ0) is 15.7. The second-order valence-electron chi connectivity index (χ2n) is 6.07. The summed E-state index contributed by atoms with van der Waals surface area (Å²) >= 11 is 0. The second kappa shape index (κ2) is 5.93. The van der Waals surface area contributed by atoms with Gasteiger partial charge in [-0.15, -0.1) is 0 Å². The highest BCUT2D eigenvalue weighted by Crippen LogP contribution is 2.34. The molecule has 0 saturated carbocycles. The topological polar surface area (TPSA) is 58.4 Å². The number of hydrogen-bond acceptors (Lipinski definition) is 3. The summed E-state index contributed by atoms with van der Waals surface area (Å²) in [7, 11) is 1.88. The standard InChI is InChI=1S/C17H21N3O2/c1-12-14(9-19(2)18-12)15-10-20(11-16(15)17(21)22)8-13-6-4-3-5-7-13/h3-7,9,15-16H,8,10-11H2,1-2H3,(H,21,22)/t15-,16-/m0/s1. The van der Waals surface area contributed by atoms with Gasteiger partial charge >= 0.3 is 5.97 Å². The van der Waals surface area contributed by atoms with Gasteiger partial charge in [0, 0.05) is 38.8 Å². The maximum Gasteiger partial charge on any atom is 0.308 e. The summed E-state index contributed by atoms with van der Waals surface area (Å²) in [6, 6.07) is 10.2. The molecule has 2 heterocycles. The number of aliphatic carboxylic acids is 1. The summed E-state index contributed by atoms with van der Waals surface area (Å²) in [6.07, 6.45) is 1.96. The van der Waals surface area contributed by atoms with Gasteiger partial charge in [0.05, 0.1) is 11.6 Å². The molecular weight excluding hydrogens is 278 g/mol. The lowest BCUT2D eigenvalue weighted by atomic mass is 9.89. The van der Waals surface area contributed by atoms with Crippen molar-refractivity contribution in [1.82, 2.24) is 14.7 Å². The van der Waals surface area contributed by atoms with Crippen molar-refractivity contribution >= 4 is 5.97 Å². The first-order chi connectivity index (χ1) is 10.5. The average Bonchev–Trinajstić information content (AvgIpc) is 3.03. The average molecular weight is 299 g/mol. The Bertz CT molecular complexity index is 666. The van der Waals surface area contributed by atoms with Crippen LogP contribution in [0.5, 0.6) is 0 Å². The Kier molecular flexibility index (Phi) is 3.98. The van der Waals surface area contributed by atoms with Crippen molar-refractivity contribution < 1.29 is 9.90 Å². The lowest BCUT2D eigenvalue weighted by Gasteiger charge is -2.15. The lowest BCUT2D eigenvalue weighted by molar-refractivity contribution is -0.141. The van der Waals surface area contributed by atoms with Crippen molar-refractivity contribution in [3.05, 3.63) is 53.3 Å². The molecule has 0 unspecified atom stereocenters. The minimum Gasteiger partial charge on any atom is -0.481 e. The van der Waals surface area contributed by atoms with Gasteiger partial charge in [-0.2, -0.15) is 5.10 Å². The summed E-state index contributed by atoms with van der Waals surface area (Å²) in [5, 5.41) is 13.9. The molecule has 2 aromatic rings. The van der Waals surface area contributed by atoms with Crippen molar-refractivity contribution in [2.45, 2.75) is 19.4 Å². The number of hydrogen-bond donors (Lipinski definition) is 1. The minimum atomic E-state index is -0.719. The molecule has 0 aliphatic carbocycles. The fourth-order valence-electron chi connectivity index (χ4n) is 3.40. The van der Waals surface area contributed by atoms with Crippen molar-refractivity contribution in [3.63, 3.8) is 0 Å². The van der Waals surface area contributed by atoms with Gasteiger partial charge in [0.15, 0.2) is 0 Å². The van der Waals surface area contributed by atoms with Crippen LogP contribution < -0.4 is 0 Å². The van der Waals surface area contributed by atoms with Gasteiger partial charge < -0.3 is 5.11 Å². The fourth-order valence-corrected chi connectivity index (χ4v) is 3.40. The highest BCUT2D eigenvalue weighted by molar-refractivity contribution is 5.72. The molecule has 5 nitrogen and oxygen atoms in total. The van der Waals surface area contributed by atoms with Crippen LogP contribution in [0.4, 0.5) is 0 Å². The van der Waals surface area contributed by atoms with Crippen LogP contribution in [-0.2, 0) is 18.4 Å². The summed E-state index contributed by atoms with van der Waals surface area (Å²) in [5.41, 5.74) is 3.21. The molecule has 1 fully saturated rings. The van der Waals surface area contributed by atoms with Gasteiger partial charge in [-0.1, -0.05) is 30.3 Å². The summed E-state index contributed by atoms with van der Waals surface area (Å²) in [4.78, 5) is 13.9. The van der Waals surface area contributed by atoms with E-state index < -0.39 is 5.97 Å². The van der Waals surface area contributed by atoms with Gasteiger partial charge in [0.2, 0.25) is 0 Å². The molecule has 1 aliphatic rings. The SMILES string of the molecule is Cc1nn(C)cc1[C@@H]1CN(Cc2ccccc2)C[C@@H]1C(=O)O. The molecule has 0 amide bonds. The van der Waals surface area contributed by atoms with Crippen LogP contribution in [0.15, 0.2) is 36.5 Å². The van der Waals surface area contributed by atoms with Crippen LogP contribution in [0.1, 0.15) is 22.7 Å². The maximum atomic E-state index is 11.6. The third-order valence-electron chi connectivity index (χ3n) is 4.41. The first-order valence-corrected chi connectivity index (χ1v) is 7.54. The van der Waals surface area contributed by atoms with Gasteiger partial charge in [0.25, 0.3) is 0 Å².